The van der Waals surface area contributed by atoms with Crippen LogP contribution in [0.1, 0.15) is 48.7 Å². The average molecular weight is 247 g/mol. The first-order valence-corrected chi connectivity index (χ1v) is 6.66. The van der Waals surface area contributed by atoms with E-state index in [1.807, 2.05) is 0 Å². The molecule has 1 saturated carbocycles. The minimum atomic E-state index is -0.0218. The Labute approximate surface area is 108 Å². The number of aromatic nitrogens is 1. The van der Waals surface area contributed by atoms with E-state index in [1.165, 1.54) is 25.7 Å². The molecule has 3 N–H and O–H groups in total. The Bertz CT molecular complexity index is 413. The largest absolute Gasteiger partial charge is 0.349 e. The Morgan fingerprint density at radius 1 is 1.56 bits per heavy atom. The molecule has 98 valence electrons. The maximum Gasteiger partial charge on any atom is 0.251 e. The molecule has 1 aliphatic carbocycles. The minimum Gasteiger partial charge on any atom is -0.349 e. The standard InChI is InChI=1S/C14H21N3O/c1-10(11-4-2-3-5-11)17-14(18)12-6-7-16-13(8-12)9-15/h6-8,10-11H,2-5,9,15H2,1H3,(H,17,18)/t10-/m0/s1. The van der Waals surface area contributed by atoms with Gasteiger partial charge in [0, 0.05) is 24.3 Å². The predicted octanol–water partition coefficient (Wildman–Crippen LogP) is 1.85. The van der Waals surface area contributed by atoms with Crippen molar-refractivity contribution in [2.75, 3.05) is 0 Å². The van der Waals surface area contributed by atoms with Gasteiger partial charge < -0.3 is 11.1 Å². The third-order valence-corrected chi connectivity index (χ3v) is 3.75. The predicted molar refractivity (Wildman–Crippen MR) is 71.0 cm³/mol. The summed E-state index contributed by atoms with van der Waals surface area (Å²) < 4.78 is 0. The number of hydrogen-bond donors (Lipinski definition) is 2. The van der Waals surface area contributed by atoms with Gasteiger partial charge in [-0.2, -0.15) is 0 Å². The van der Waals surface area contributed by atoms with Gasteiger partial charge in [-0.05, 0) is 37.8 Å². The van der Waals surface area contributed by atoms with Gasteiger partial charge in [0.25, 0.3) is 5.91 Å². The van der Waals surface area contributed by atoms with Crippen LogP contribution in [0.3, 0.4) is 0 Å². The monoisotopic (exact) mass is 247 g/mol. The van der Waals surface area contributed by atoms with E-state index >= 15 is 0 Å². The van der Waals surface area contributed by atoms with Crippen molar-refractivity contribution in [3.8, 4) is 0 Å². The molecule has 1 aromatic rings. The Morgan fingerprint density at radius 2 is 2.28 bits per heavy atom. The van der Waals surface area contributed by atoms with Gasteiger partial charge in [-0.15, -0.1) is 0 Å². The molecule has 0 unspecified atom stereocenters. The number of hydrogen-bond acceptors (Lipinski definition) is 3. The van der Waals surface area contributed by atoms with Crippen LogP contribution in [0, 0.1) is 5.92 Å². The Hall–Kier alpha value is -1.42. The van der Waals surface area contributed by atoms with Gasteiger partial charge in [0.05, 0.1) is 5.69 Å². The molecule has 0 aromatic carbocycles. The molecule has 4 nitrogen and oxygen atoms in total. The zero-order valence-corrected chi connectivity index (χ0v) is 10.9. The van der Waals surface area contributed by atoms with Crippen molar-refractivity contribution in [2.45, 2.75) is 45.2 Å². The fraction of sp³-hybridized carbons (Fsp3) is 0.571. The first kappa shape index (κ1) is 13.0. The summed E-state index contributed by atoms with van der Waals surface area (Å²) in [7, 11) is 0. The molecule has 1 atom stereocenters. The first-order chi connectivity index (χ1) is 8.70. The summed E-state index contributed by atoms with van der Waals surface area (Å²) in [6.45, 7) is 2.46. The highest BCUT2D eigenvalue weighted by atomic mass is 16.1. The van der Waals surface area contributed by atoms with Gasteiger partial charge in [-0.1, -0.05) is 12.8 Å². The smallest absolute Gasteiger partial charge is 0.251 e. The maximum atomic E-state index is 12.1. The number of pyridine rings is 1. The zero-order chi connectivity index (χ0) is 13.0. The van der Waals surface area contributed by atoms with Gasteiger partial charge in [0.1, 0.15) is 0 Å². The normalized spacial score (nSPS) is 17.7. The maximum absolute atomic E-state index is 12.1. The quantitative estimate of drug-likeness (QED) is 0.853. The van der Waals surface area contributed by atoms with Crippen molar-refractivity contribution in [1.29, 1.82) is 0 Å². The van der Waals surface area contributed by atoms with Crippen molar-refractivity contribution >= 4 is 5.91 Å². The highest BCUT2D eigenvalue weighted by Gasteiger charge is 2.23. The molecule has 4 heteroatoms. The molecule has 0 radical (unpaired) electrons. The van der Waals surface area contributed by atoms with Gasteiger partial charge in [0.2, 0.25) is 0 Å². The van der Waals surface area contributed by atoms with Crippen LogP contribution in [0.25, 0.3) is 0 Å². The summed E-state index contributed by atoms with van der Waals surface area (Å²) in [6, 6.07) is 3.74. The Morgan fingerprint density at radius 3 is 2.94 bits per heavy atom. The van der Waals surface area contributed by atoms with E-state index in [9.17, 15) is 4.79 Å². The first-order valence-electron chi connectivity index (χ1n) is 6.66. The molecule has 1 amide bonds. The number of amides is 1. The molecule has 0 bridgehead atoms. The fourth-order valence-corrected chi connectivity index (χ4v) is 2.60. The van der Waals surface area contributed by atoms with Crippen molar-refractivity contribution in [2.24, 2.45) is 11.7 Å². The van der Waals surface area contributed by atoms with Gasteiger partial charge in [-0.3, -0.25) is 9.78 Å². The second-order valence-electron chi connectivity index (χ2n) is 5.05. The number of rotatable bonds is 4. The van der Waals surface area contributed by atoms with Crippen LogP contribution in [0.15, 0.2) is 18.3 Å². The van der Waals surface area contributed by atoms with Crippen molar-refractivity contribution in [3.63, 3.8) is 0 Å². The van der Waals surface area contributed by atoms with Crippen molar-refractivity contribution in [3.05, 3.63) is 29.6 Å². The van der Waals surface area contributed by atoms with E-state index in [4.69, 9.17) is 5.73 Å². The lowest BCUT2D eigenvalue weighted by Gasteiger charge is -2.20. The molecule has 0 saturated heterocycles. The third-order valence-electron chi connectivity index (χ3n) is 3.75. The average Bonchev–Trinajstić information content (AvgIpc) is 2.92. The lowest BCUT2D eigenvalue weighted by molar-refractivity contribution is 0.0927. The summed E-state index contributed by atoms with van der Waals surface area (Å²) in [5.41, 5.74) is 6.92. The van der Waals surface area contributed by atoms with Crippen LogP contribution < -0.4 is 11.1 Å². The molecular formula is C14H21N3O. The van der Waals surface area contributed by atoms with E-state index in [1.54, 1.807) is 18.3 Å². The van der Waals surface area contributed by atoms with E-state index in [-0.39, 0.29) is 11.9 Å². The van der Waals surface area contributed by atoms with E-state index in [0.29, 0.717) is 18.0 Å². The third kappa shape index (κ3) is 3.07. The molecule has 1 aliphatic rings. The zero-order valence-electron chi connectivity index (χ0n) is 10.9. The summed E-state index contributed by atoms with van der Waals surface area (Å²) >= 11 is 0. The van der Waals surface area contributed by atoms with Crippen LogP contribution in [0.5, 0.6) is 0 Å². The van der Waals surface area contributed by atoms with Crippen LogP contribution in [-0.2, 0) is 6.54 Å². The Balaban J connectivity index is 1.97. The van der Waals surface area contributed by atoms with Crippen LogP contribution in [0.2, 0.25) is 0 Å². The topological polar surface area (TPSA) is 68.0 Å². The molecule has 1 aromatic heterocycles. The van der Waals surface area contributed by atoms with Crippen LogP contribution >= 0.6 is 0 Å². The van der Waals surface area contributed by atoms with E-state index < -0.39 is 0 Å². The second kappa shape index (κ2) is 5.96. The number of carbonyl (C=O) groups excluding carboxylic acids is 1. The fourth-order valence-electron chi connectivity index (χ4n) is 2.60. The molecule has 18 heavy (non-hydrogen) atoms. The molecule has 0 spiro atoms. The van der Waals surface area contributed by atoms with E-state index in [0.717, 1.165) is 5.69 Å². The van der Waals surface area contributed by atoms with Crippen LogP contribution in [0.4, 0.5) is 0 Å². The lowest BCUT2D eigenvalue weighted by atomic mass is 9.99. The number of carbonyl (C=O) groups is 1. The molecular weight excluding hydrogens is 226 g/mol. The van der Waals surface area contributed by atoms with Gasteiger partial charge >= 0.3 is 0 Å². The summed E-state index contributed by atoms with van der Waals surface area (Å²) in [5.74, 6) is 0.608. The second-order valence-corrected chi connectivity index (χ2v) is 5.05. The molecule has 1 heterocycles. The minimum absolute atomic E-state index is 0.0218. The Kier molecular flexibility index (Phi) is 4.31. The summed E-state index contributed by atoms with van der Waals surface area (Å²) in [5, 5.41) is 3.08. The van der Waals surface area contributed by atoms with Crippen molar-refractivity contribution in [1.82, 2.24) is 10.3 Å². The number of nitrogens with two attached hydrogens (primary N) is 1. The lowest BCUT2D eigenvalue weighted by Crippen LogP contribution is -2.37. The highest BCUT2D eigenvalue weighted by molar-refractivity contribution is 5.94. The van der Waals surface area contributed by atoms with Gasteiger partial charge in [0.15, 0.2) is 0 Å². The summed E-state index contributed by atoms with van der Waals surface area (Å²) in [4.78, 5) is 16.2. The molecule has 1 fully saturated rings. The highest BCUT2D eigenvalue weighted by Crippen LogP contribution is 2.27. The number of nitrogens with zero attached hydrogens (tertiary/aromatic N) is 1. The number of nitrogens with one attached hydrogen (secondary N) is 1. The molecule has 2 rings (SSSR count). The SMILES string of the molecule is C[C@H](NC(=O)c1ccnc(CN)c1)C1CCCC1. The van der Waals surface area contributed by atoms with Crippen molar-refractivity contribution < 1.29 is 4.79 Å². The van der Waals surface area contributed by atoms with E-state index in [2.05, 4.69) is 17.2 Å². The van der Waals surface area contributed by atoms with Crippen LogP contribution in [-0.4, -0.2) is 16.9 Å². The summed E-state index contributed by atoms with van der Waals surface area (Å²) in [6.07, 6.45) is 6.67. The van der Waals surface area contributed by atoms with Gasteiger partial charge in [-0.25, -0.2) is 0 Å². The molecule has 0 aliphatic heterocycles.